The number of aryl methyl sites for hydroxylation is 2. The molecule has 0 atom stereocenters. The van der Waals surface area contributed by atoms with E-state index in [2.05, 4.69) is 17.1 Å². The molecular formula is C18H16N2O2. The standard InChI is InChI=1S/C18H16N2O2/c21-18(22)16-17(15-9-5-2-6-10-15)20(13-19-16)12-11-14-7-3-1-4-8-14/h1-10,13H,11-12H2,(H,21,22). The number of rotatable bonds is 5. The number of imidazole rings is 1. The third kappa shape index (κ3) is 2.91. The van der Waals surface area contributed by atoms with Crippen LogP contribution in [0.4, 0.5) is 0 Å². The van der Waals surface area contributed by atoms with Crippen LogP contribution in [0.25, 0.3) is 11.3 Å². The molecule has 4 heteroatoms. The average molecular weight is 292 g/mol. The summed E-state index contributed by atoms with van der Waals surface area (Å²) in [7, 11) is 0. The summed E-state index contributed by atoms with van der Waals surface area (Å²) in [5.74, 6) is -1.00. The minimum Gasteiger partial charge on any atom is -0.476 e. The van der Waals surface area contributed by atoms with Gasteiger partial charge >= 0.3 is 5.97 Å². The van der Waals surface area contributed by atoms with Gasteiger partial charge in [-0.3, -0.25) is 0 Å². The first-order chi connectivity index (χ1) is 10.8. The van der Waals surface area contributed by atoms with Gasteiger partial charge in [0.1, 0.15) is 0 Å². The molecule has 0 unspecified atom stereocenters. The van der Waals surface area contributed by atoms with Gasteiger partial charge in [0.15, 0.2) is 5.69 Å². The van der Waals surface area contributed by atoms with Crippen molar-refractivity contribution >= 4 is 5.97 Å². The van der Waals surface area contributed by atoms with Crippen LogP contribution < -0.4 is 0 Å². The van der Waals surface area contributed by atoms with Gasteiger partial charge in [-0.15, -0.1) is 0 Å². The summed E-state index contributed by atoms with van der Waals surface area (Å²) in [6, 6.07) is 19.6. The molecule has 0 spiro atoms. The second kappa shape index (κ2) is 6.26. The highest BCUT2D eigenvalue weighted by Gasteiger charge is 2.18. The number of carboxylic acids is 1. The van der Waals surface area contributed by atoms with E-state index in [4.69, 9.17) is 0 Å². The fourth-order valence-corrected chi connectivity index (χ4v) is 2.50. The first-order valence-corrected chi connectivity index (χ1v) is 7.13. The Labute approximate surface area is 128 Å². The Morgan fingerprint density at radius 3 is 2.27 bits per heavy atom. The molecule has 0 fully saturated rings. The van der Waals surface area contributed by atoms with E-state index in [9.17, 15) is 9.90 Å². The maximum Gasteiger partial charge on any atom is 0.356 e. The van der Waals surface area contributed by atoms with Crippen LogP contribution in [0.15, 0.2) is 67.0 Å². The first-order valence-electron chi connectivity index (χ1n) is 7.13. The highest BCUT2D eigenvalue weighted by molar-refractivity contribution is 5.92. The number of nitrogens with zero attached hydrogens (tertiary/aromatic N) is 2. The zero-order valence-corrected chi connectivity index (χ0v) is 12.0. The second-order valence-corrected chi connectivity index (χ2v) is 5.04. The van der Waals surface area contributed by atoms with Gasteiger partial charge in [0.05, 0.1) is 12.0 Å². The Balaban J connectivity index is 1.93. The highest BCUT2D eigenvalue weighted by Crippen LogP contribution is 2.23. The summed E-state index contributed by atoms with van der Waals surface area (Å²) >= 11 is 0. The van der Waals surface area contributed by atoms with E-state index in [0.29, 0.717) is 12.2 Å². The lowest BCUT2D eigenvalue weighted by atomic mass is 10.1. The molecule has 3 aromatic rings. The maximum atomic E-state index is 11.4. The van der Waals surface area contributed by atoms with Crippen molar-refractivity contribution in [1.29, 1.82) is 0 Å². The molecule has 1 aromatic heterocycles. The van der Waals surface area contributed by atoms with Crippen LogP contribution in [-0.2, 0) is 13.0 Å². The van der Waals surface area contributed by atoms with Crippen LogP contribution in [0.3, 0.4) is 0 Å². The Kier molecular flexibility index (Phi) is 4.01. The minimum absolute atomic E-state index is 0.0965. The first kappa shape index (κ1) is 14.1. The van der Waals surface area contributed by atoms with Crippen LogP contribution in [0.1, 0.15) is 16.1 Å². The molecule has 0 aliphatic rings. The van der Waals surface area contributed by atoms with Crippen LogP contribution in [0, 0.1) is 0 Å². The van der Waals surface area contributed by atoms with Gasteiger partial charge in [-0.1, -0.05) is 60.7 Å². The molecule has 0 bridgehead atoms. The molecule has 0 aliphatic carbocycles. The van der Waals surface area contributed by atoms with Gasteiger partial charge in [0.25, 0.3) is 0 Å². The van der Waals surface area contributed by atoms with Gasteiger partial charge in [0.2, 0.25) is 0 Å². The van der Waals surface area contributed by atoms with Crippen molar-refractivity contribution in [2.75, 3.05) is 0 Å². The maximum absolute atomic E-state index is 11.4. The third-order valence-corrected chi connectivity index (χ3v) is 3.57. The fourth-order valence-electron chi connectivity index (χ4n) is 2.50. The molecule has 0 radical (unpaired) electrons. The fraction of sp³-hybridized carbons (Fsp3) is 0.111. The molecule has 4 nitrogen and oxygen atoms in total. The number of aromatic nitrogens is 2. The molecular weight excluding hydrogens is 276 g/mol. The lowest BCUT2D eigenvalue weighted by Gasteiger charge is -2.09. The van der Waals surface area contributed by atoms with Crippen LogP contribution >= 0.6 is 0 Å². The van der Waals surface area contributed by atoms with E-state index in [-0.39, 0.29) is 5.69 Å². The third-order valence-electron chi connectivity index (χ3n) is 3.57. The van der Waals surface area contributed by atoms with Gasteiger partial charge in [-0.05, 0) is 12.0 Å². The summed E-state index contributed by atoms with van der Waals surface area (Å²) in [4.78, 5) is 15.5. The lowest BCUT2D eigenvalue weighted by Crippen LogP contribution is -2.05. The quantitative estimate of drug-likeness (QED) is 0.783. The summed E-state index contributed by atoms with van der Waals surface area (Å²) in [6.07, 6.45) is 2.44. The smallest absolute Gasteiger partial charge is 0.356 e. The summed E-state index contributed by atoms with van der Waals surface area (Å²) in [6.45, 7) is 0.689. The Bertz CT molecular complexity index is 764. The van der Waals surface area contributed by atoms with E-state index in [1.54, 1.807) is 6.33 Å². The average Bonchev–Trinajstić information content (AvgIpc) is 2.99. The second-order valence-electron chi connectivity index (χ2n) is 5.04. The molecule has 0 saturated heterocycles. The van der Waals surface area contributed by atoms with E-state index >= 15 is 0 Å². The number of carboxylic acid groups (broad SMARTS) is 1. The minimum atomic E-state index is -1.00. The number of carbonyl (C=O) groups is 1. The largest absolute Gasteiger partial charge is 0.476 e. The molecule has 0 saturated carbocycles. The van der Waals surface area contributed by atoms with E-state index in [1.807, 2.05) is 53.1 Å². The van der Waals surface area contributed by atoms with Crippen LogP contribution in [0.2, 0.25) is 0 Å². The van der Waals surface area contributed by atoms with Crippen molar-refractivity contribution < 1.29 is 9.90 Å². The van der Waals surface area contributed by atoms with Gasteiger partial charge in [0, 0.05) is 12.1 Å². The number of hydrogen-bond donors (Lipinski definition) is 1. The molecule has 1 N–H and O–H groups in total. The Hall–Kier alpha value is -2.88. The summed E-state index contributed by atoms with van der Waals surface area (Å²) < 4.78 is 1.91. The van der Waals surface area contributed by atoms with E-state index < -0.39 is 5.97 Å². The molecule has 3 rings (SSSR count). The summed E-state index contributed by atoms with van der Waals surface area (Å²) in [5, 5.41) is 9.35. The van der Waals surface area contributed by atoms with E-state index in [1.165, 1.54) is 5.56 Å². The molecule has 1 heterocycles. The highest BCUT2D eigenvalue weighted by atomic mass is 16.4. The molecule has 22 heavy (non-hydrogen) atoms. The van der Waals surface area contributed by atoms with E-state index in [0.717, 1.165) is 12.0 Å². The van der Waals surface area contributed by atoms with Crippen molar-refractivity contribution in [3.05, 3.63) is 78.2 Å². The topological polar surface area (TPSA) is 55.1 Å². The monoisotopic (exact) mass is 292 g/mol. The lowest BCUT2D eigenvalue weighted by molar-refractivity contribution is 0.0692. The zero-order valence-electron chi connectivity index (χ0n) is 12.0. The molecule has 0 aliphatic heterocycles. The Morgan fingerprint density at radius 1 is 1.00 bits per heavy atom. The van der Waals surface area contributed by atoms with Gasteiger partial charge < -0.3 is 9.67 Å². The number of aromatic carboxylic acids is 1. The van der Waals surface area contributed by atoms with Crippen molar-refractivity contribution in [1.82, 2.24) is 9.55 Å². The van der Waals surface area contributed by atoms with Crippen LogP contribution in [-0.4, -0.2) is 20.6 Å². The predicted molar refractivity (Wildman–Crippen MR) is 84.8 cm³/mol. The number of benzene rings is 2. The van der Waals surface area contributed by atoms with Gasteiger partial charge in [-0.25, -0.2) is 9.78 Å². The normalized spacial score (nSPS) is 10.5. The predicted octanol–water partition coefficient (Wildman–Crippen LogP) is 3.49. The summed E-state index contributed by atoms with van der Waals surface area (Å²) in [5.41, 5.74) is 2.83. The number of hydrogen-bond acceptors (Lipinski definition) is 2. The van der Waals surface area contributed by atoms with Gasteiger partial charge in [-0.2, -0.15) is 0 Å². The van der Waals surface area contributed by atoms with Crippen molar-refractivity contribution in [3.8, 4) is 11.3 Å². The molecule has 2 aromatic carbocycles. The molecule has 110 valence electrons. The van der Waals surface area contributed by atoms with Crippen molar-refractivity contribution in [2.45, 2.75) is 13.0 Å². The molecule has 0 amide bonds. The SMILES string of the molecule is O=C(O)c1ncn(CCc2ccccc2)c1-c1ccccc1. The van der Waals surface area contributed by atoms with Crippen molar-refractivity contribution in [2.24, 2.45) is 0 Å². The Morgan fingerprint density at radius 2 is 1.64 bits per heavy atom. The van der Waals surface area contributed by atoms with Crippen molar-refractivity contribution in [3.63, 3.8) is 0 Å². The zero-order chi connectivity index (χ0) is 15.4. The van der Waals surface area contributed by atoms with Crippen LogP contribution in [0.5, 0.6) is 0 Å².